The Morgan fingerprint density at radius 2 is 2.06 bits per heavy atom. The van der Waals surface area contributed by atoms with Crippen LogP contribution in [-0.4, -0.2) is 36.3 Å². The number of ether oxygens (including phenoxy) is 1. The maximum Gasteiger partial charge on any atom is 0.115 e. The van der Waals surface area contributed by atoms with Gasteiger partial charge < -0.3 is 10.1 Å². The summed E-state index contributed by atoms with van der Waals surface area (Å²) in [6.07, 6.45) is 4.69. The summed E-state index contributed by atoms with van der Waals surface area (Å²) in [5.41, 5.74) is 2.22. The van der Waals surface area contributed by atoms with E-state index in [9.17, 15) is 0 Å². The van der Waals surface area contributed by atoms with Crippen LogP contribution < -0.4 is 5.32 Å². The minimum absolute atomic E-state index is 0.328. The van der Waals surface area contributed by atoms with Crippen LogP contribution in [0.3, 0.4) is 0 Å². The Hall–Kier alpha value is -1.00. The van der Waals surface area contributed by atoms with Gasteiger partial charge in [0.15, 0.2) is 0 Å². The lowest BCUT2D eigenvalue weighted by molar-refractivity contribution is 0.166. The summed E-state index contributed by atoms with van der Waals surface area (Å²) in [6.45, 7) is 5.92. The molecule has 1 aromatic heterocycles. The molecule has 1 heterocycles. The summed E-state index contributed by atoms with van der Waals surface area (Å²) in [4.78, 5) is 8.58. The van der Waals surface area contributed by atoms with Crippen LogP contribution in [0.15, 0.2) is 12.4 Å². The summed E-state index contributed by atoms with van der Waals surface area (Å²) in [6, 6.07) is 2.43. The topological polar surface area (TPSA) is 47.0 Å². The molecule has 0 aliphatic carbocycles. The summed E-state index contributed by atoms with van der Waals surface area (Å²) in [5.74, 6) is 0. The van der Waals surface area contributed by atoms with E-state index in [0.29, 0.717) is 12.6 Å². The zero-order valence-electron chi connectivity index (χ0n) is 11.1. The SMILES string of the molecule is CCCc1cc(CC(COC)NCC)ncn1. The van der Waals surface area contributed by atoms with Crippen LogP contribution in [-0.2, 0) is 17.6 Å². The fourth-order valence-corrected chi connectivity index (χ4v) is 1.88. The molecule has 0 fully saturated rings. The molecule has 0 amide bonds. The van der Waals surface area contributed by atoms with Gasteiger partial charge in [0, 0.05) is 31.0 Å². The molecule has 4 nitrogen and oxygen atoms in total. The molecule has 0 saturated carbocycles. The third-order valence-corrected chi connectivity index (χ3v) is 2.60. The Balaban J connectivity index is 2.60. The number of hydrogen-bond acceptors (Lipinski definition) is 4. The third kappa shape index (κ3) is 5.24. The van der Waals surface area contributed by atoms with Crippen molar-refractivity contribution in [2.75, 3.05) is 20.3 Å². The number of nitrogens with one attached hydrogen (secondary N) is 1. The average molecular weight is 237 g/mol. The highest BCUT2D eigenvalue weighted by Crippen LogP contribution is 2.04. The number of likely N-dealkylation sites (N-methyl/N-ethyl adjacent to an activating group) is 1. The van der Waals surface area contributed by atoms with E-state index in [4.69, 9.17) is 4.74 Å². The highest BCUT2D eigenvalue weighted by atomic mass is 16.5. The van der Waals surface area contributed by atoms with E-state index in [1.54, 1.807) is 13.4 Å². The van der Waals surface area contributed by atoms with Crippen molar-refractivity contribution in [2.24, 2.45) is 0 Å². The average Bonchev–Trinajstić information content (AvgIpc) is 2.30. The molecule has 0 saturated heterocycles. The Bertz CT molecular complexity index is 311. The normalized spacial score (nSPS) is 12.6. The van der Waals surface area contributed by atoms with Crippen molar-refractivity contribution in [1.82, 2.24) is 15.3 Å². The van der Waals surface area contributed by atoms with Crippen molar-refractivity contribution in [3.63, 3.8) is 0 Å². The smallest absolute Gasteiger partial charge is 0.115 e. The first-order valence-electron chi connectivity index (χ1n) is 6.32. The lowest BCUT2D eigenvalue weighted by Crippen LogP contribution is -2.35. The van der Waals surface area contributed by atoms with Gasteiger partial charge in [-0.15, -0.1) is 0 Å². The van der Waals surface area contributed by atoms with E-state index >= 15 is 0 Å². The lowest BCUT2D eigenvalue weighted by atomic mass is 10.1. The minimum Gasteiger partial charge on any atom is -0.383 e. The van der Waals surface area contributed by atoms with Gasteiger partial charge in [-0.3, -0.25) is 0 Å². The van der Waals surface area contributed by atoms with E-state index in [1.807, 2.05) is 0 Å². The van der Waals surface area contributed by atoms with Gasteiger partial charge in [0.1, 0.15) is 6.33 Å². The standard InChI is InChI=1S/C13H23N3O/c1-4-6-11-7-12(16-10-15-11)8-13(9-17-3)14-5-2/h7,10,13-14H,4-6,8-9H2,1-3H3. The number of hydrogen-bond donors (Lipinski definition) is 1. The van der Waals surface area contributed by atoms with Gasteiger partial charge in [-0.05, 0) is 19.0 Å². The van der Waals surface area contributed by atoms with Crippen molar-refractivity contribution in [2.45, 2.75) is 39.2 Å². The Kier molecular flexibility index (Phi) is 6.74. The first-order valence-corrected chi connectivity index (χ1v) is 6.32. The lowest BCUT2D eigenvalue weighted by Gasteiger charge is -2.16. The largest absolute Gasteiger partial charge is 0.383 e. The second-order valence-corrected chi connectivity index (χ2v) is 4.16. The zero-order chi connectivity index (χ0) is 12.5. The molecule has 0 aromatic carbocycles. The maximum absolute atomic E-state index is 5.20. The number of rotatable bonds is 8. The molecule has 17 heavy (non-hydrogen) atoms. The maximum atomic E-state index is 5.20. The van der Waals surface area contributed by atoms with Crippen LogP contribution in [0.1, 0.15) is 31.7 Å². The highest BCUT2D eigenvalue weighted by molar-refractivity contribution is 5.09. The van der Waals surface area contributed by atoms with E-state index in [1.165, 1.54) is 0 Å². The van der Waals surface area contributed by atoms with E-state index in [2.05, 4.69) is 35.2 Å². The molecular formula is C13H23N3O. The first kappa shape index (κ1) is 14.1. The summed E-state index contributed by atoms with van der Waals surface area (Å²) in [7, 11) is 1.73. The van der Waals surface area contributed by atoms with Gasteiger partial charge in [-0.25, -0.2) is 9.97 Å². The molecule has 1 N–H and O–H groups in total. The number of aromatic nitrogens is 2. The zero-order valence-corrected chi connectivity index (χ0v) is 11.1. The number of aryl methyl sites for hydroxylation is 1. The molecule has 1 atom stereocenters. The van der Waals surface area contributed by atoms with Crippen molar-refractivity contribution < 1.29 is 4.74 Å². The fraction of sp³-hybridized carbons (Fsp3) is 0.692. The highest BCUT2D eigenvalue weighted by Gasteiger charge is 2.09. The van der Waals surface area contributed by atoms with Gasteiger partial charge in [-0.2, -0.15) is 0 Å². The Labute approximate surface area is 104 Å². The van der Waals surface area contributed by atoms with E-state index in [-0.39, 0.29) is 0 Å². The van der Waals surface area contributed by atoms with Crippen LogP contribution >= 0.6 is 0 Å². The molecule has 0 aliphatic rings. The van der Waals surface area contributed by atoms with Gasteiger partial charge in [0.25, 0.3) is 0 Å². The summed E-state index contributed by atoms with van der Waals surface area (Å²) >= 11 is 0. The van der Waals surface area contributed by atoms with Crippen molar-refractivity contribution in [3.8, 4) is 0 Å². The molecule has 1 unspecified atom stereocenters. The summed E-state index contributed by atoms with van der Waals surface area (Å²) in [5, 5.41) is 3.40. The molecule has 4 heteroatoms. The van der Waals surface area contributed by atoms with Crippen LogP contribution in [0.4, 0.5) is 0 Å². The van der Waals surface area contributed by atoms with Crippen molar-refractivity contribution >= 4 is 0 Å². The second kappa shape index (κ2) is 8.14. The minimum atomic E-state index is 0.328. The molecule has 0 aliphatic heterocycles. The summed E-state index contributed by atoms with van der Waals surface area (Å²) < 4.78 is 5.20. The molecule has 96 valence electrons. The van der Waals surface area contributed by atoms with E-state index in [0.717, 1.165) is 37.2 Å². The molecule has 0 radical (unpaired) electrons. The number of nitrogens with zero attached hydrogens (tertiary/aromatic N) is 2. The van der Waals surface area contributed by atoms with Crippen LogP contribution in [0.5, 0.6) is 0 Å². The molecule has 1 aromatic rings. The van der Waals surface area contributed by atoms with Gasteiger partial charge in [0.05, 0.1) is 6.61 Å². The predicted octanol–water partition coefficient (Wildman–Crippen LogP) is 1.60. The predicted molar refractivity (Wildman–Crippen MR) is 69.1 cm³/mol. The van der Waals surface area contributed by atoms with E-state index < -0.39 is 0 Å². The van der Waals surface area contributed by atoms with Crippen molar-refractivity contribution in [3.05, 3.63) is 23.8 Å². The monoisotopic (exact) mass is 237 g/mol. The van der Waals surface area contributed by atoms with Crippen molar-refractivity contribution in [1.29, 1.82) is 0 Å². The third-order valence-electron chi connectivity index (χ3n) is 2.60. The fourth-order valence-electron chi connectivity index (χ4n) is 1.88. The van der Waals surface area contributed by atoms with Crippen LogP contribution in [0.2, 0.25) is 0 Å². The quantitative estimate of drug-likeness (QED) is 0.746. The Morgan fingerprint density at radius 3 is 2.71 bits per heavy atom. The molecule has 1 rings (SSSR count). The van der Waals surface area contributed by atoms with Gasteiger partial charge in [-0.1, -0.05) is 20.3 Å². The van der Waals surface area contributed by atoms with Crippen LogP contribution in [0, 0.1) is 0 Å². The van der Waals surface area contributed by atoms with Gasteiger partial charge in [0.2, 0.25) is 0 Å². The van der Waals surface area contributed by atoms with Gasteiger partial charge >= 0.3 is 0 Å². The Morgan fingerprint density at radius 1 is 1.29 bits per heavy atom. The molecular weight excluding hydrogens is 214 g/mol. The molecule has 0 spiro atoms. The van der Waals surface area contributed by atoms with Crippen LogP contribution in [0.25, 0.3) is 0 Å². The first-order chi connectivity index (χ1) is 8.30. The second-order valence-electron chi connectivity index (χ2n) is 4.16. The molecule has 0 bridgehead atoms. The number of methoxy groups -OCH3 is 1.